The first-order valence-corrected chi connectivity index (χ1v) is 8.16. The summed E-state index contributed by atoms with van der Waals surface area (Å²) in [5.74, 6) is -0.491. The molecule has 20 heavy (non-hydrogen) atoms. The Morgan fingerprint density at radius 1 is 1.20 bits per heavy atom. The predicted molar refractivity (Wildman–Crippen MR) is 79.3 cm³/mol. The molecule has 0 heterocycles. The van der Waals surface area contributed by atoms with Gasteiger partial charge in [-0.2, -0.15) is 0 Å². The zero-order chi connectivity index (χ0) is 14.8. The van der Waals surface area contributed by atoms with Crippen LogP contribution < -0.4 is 4.72 Å². The van der Waals surface area contributed by atoms with Gasteiger partial charge in [0.05, 0.1) is 4.90 Å². The average molecular weight is 358 g/mol. The van der Waals surface area contributed by atoms with Crippen molar-refractivity contribution in [2.75, 3.05) is 0 Å². The molecule has 0 bridgehead atoms. The summed E-state index contributed by atoms with van der Waals surface area (Å²) in [5.41, 5.74) is 1.93. The highest BCUT2D eigenvalue weighted by Gasteiger charge is 2.17. The SMILES string of the molecule is Cc1cccc(CNS(=O)(=O)c2ccc(F)cc2Br)c1. The quantitative estimate of drug-likeness (QED) is 0.911. The Kier molecular flexibility index (Phi) is 4.57. The molecule has 6 heteroatoms. The lowest BCUT2D eigenvalue weighted by molar-refractivity contribution is 0.579. The molecule has 0 atom stereocenters. The number of sulfonamides is 1. The highest BCUT2D eigenvalue weighted by molar-refractivity contribution is 9.10. The van der Waals surface area contributed by atoms with Gasteiger partial charge in [0.25, 0.3) is 0 Å². The molecule has 0 unspecified atom stereocenters. The van der Waals surface area contributed by atoms with Crippen LogP contribution in [0.3, 0.4) is 0 Å². The van der Waals surface area contributed by atoms with Crippen LogP contribution in [0.2, 0.25) is 0 Å². The van der Waals surface area contributed by atoms with E-state index < -0.39 is 15.8 Å². The minimum atomic E-state index is -3.68. The summed E-state index contributed by atoms with van der Waals surface area (Å²) < 4.78 is 40.0. The van der Waals surface area contributed by atoms with Crippen molar-refractivity contribution in [2.24, 2.45) is 0 Å². The van der Waals surface area contributed by atoms with Gasteiger partial charge in [-0.05, 0) is 46.6 Å². The van der Waals surface area contributed by atoms with E-state index in [9.17, 15) is 12.8 Å². The second kappa shape index (κ2) is 6.03. The van der Waals surface area contributed by atoms with E-state index in [2.05, 4.69) is 20.7 Å². The van der Waals surface area contributed by atoms with E-state index in [-0.39, 0.29) is 15.9 Å². The van der Waals surface area contributed by atoms with Crippen molar-refractivity contribution in [3.05, 3.63) is 63.9 Å². The van der Waals surface area contributed by atoms with Gasteiger partial charge in [0.2, 0.25) is 10.0 Å². The van der Waals surface area contributed by atoms with Gasteiger partial charge in [-0.25, -0.2) is 17.5 Å². The standard InChI is InChI=1S/C14H13BrFNO2S/c1-10-3-2-4-11(7-10)9-17-20(18,19)14-6-5-12(16)8-13(14)15/h2-8,17H,9H2,1H3. The Morgan fingerprint density at radius 2 is 1.95 bits per heavy atom. The van der Waals surface area contributed by atoms with Crippen molar-refractivity contribution < 1.29 is 12.8 Å². The highest BCUT2D eigenvalue weighted by Crippen LogP contribution is 2.22. The molecule has 0 amide bonds. The number of rotatable bonds is 4. The lowest BCUT2D eigenvalue weighted by atomic mass is 10.1. The monoisotopic (exact) mass is 357 g/mol. The summed E-state index contributed by atoms with van der Waals surface area (Å²) in [6.07, 6.45) is 0. The van der Waals surface area contributed by atoms with Crippen molar-refractivity contribution >= 4 is 26.0 Å². The largest absolute Gasteiger partial charge is 0.241 e. The number of hydrogen-bond donors (Lipinski definition) is 1. The molecule has 0 radical (unpaired) electrons. The average Bonchev–Trinajstić information content (AvgIpc) is 2.36. The van der Waals surface area contributed by atoms with Gasteiger partial charge in [-0.15, -0.1) is 0 Å². The summed E-state index contributed by atoms with van der Waals surface area (Å²) >= 11 is 3.06. The van der Waals surface area contributed by atoms with Crippen LogP contribution in [-0.2, 0) is 16.6 Å². The third-order valence-corrected chi connectivity index (χ3v) is 5.11. The fourth-order valence-corrected chi connectivity index (χ4v) is 3.84. The van der Waals surface area contributed by atoms with Crippen LogP contribution in [-0.4, -0.2) is 8.42 Å². The van der Waals surface area contributed by atoms with Crippen molar-refractivity contribution in [1.29, 1.82) is 0 Å². The van der Waals surface area contributed by atoms with Crippen LogP contribution in [0.1, 0.15) is 11.1 Å². The zero-order valence-electron chi connectivity index (χ0n) is 10.7. The molecular formula is C14H13BrFNO2S. The molecule has 1 N–H and O–H groups in total. The number of hydrogen-bond acceptors (Lipinski definition) is 2. The molecule has 0 aliphatic rings. The van der Waals surface area contributed by atoms with Crippen LogP contribution in [0.4, 0.5) is 4.39 Å². The molecule has 0 saturated carbocycles. The number of aryl methyl sites for hydroxylation is 1. The smallest absolute Gasteiger partial charge is 0.207 e. The molecular weight excluding hydrogens is 345 g/mol. The Balaban J connectivity index is 2.19. The van der Waals surface area contributed by atoms with E-state index in [0.717, 1.165) is 23.3 Å². The molecule has 0 fully saturated rings. The van der Waals surface area contributed by atoms with E-state index in [1.807, 2.05) is 31.2 Å². The molecule has 0 aliphatic heterocycles. The van der Waals surface area contributed by atoms with Crippen LogP contribution in [0.15, 0.2) is 51.8 Å². The zero-order valence-corrected chi connectivity index (χ0v) is 13.1. The van der Waals surface area contributed by atoms with Gasteiger partial charge in [0, 0.05) is 11.0 Å². The van der Waals surface area contributed by atoms with Gasteiger partial charge in [-0.3, -0.25) is 0 Å². The Morgan fingerprint density at radius 3 is 2.60 bits per heavy atom. The second-order valence-corrected chi connectivity index (χ2v) is 6.98. The Bertz CT molecular complexity index is 732. The first-order chi connectivity index (χ1) is 9.38. The third-order valence-electron chi connectivity index (χ3n) is 2.73. The van der Waals surface area contributed by atoms with E-state index >= 15 is 0 Å². The summed E-state index contributed by atoms with van der Waals surface area (Å²) in [7, 11) is -3.68. The molecule has 3 nitrogen and oxygen atoms in total. The predicted octanol–water partition coefficient (Wildman–Crippen LogP) is 3.38. The topological polar surface area (TPSA) is 46.2 Å². The lowest BCUT2D eigenvalue weighted by Gasteiger charge is -2.09. The molecule has 0 saturated heterocycles. The number of nitrogens with one attached hydrogen (secondary N) is 1. The van der Waals surface area contributed by atoms with Gasteiger partial charge >= 0.3 is 0 Å². The molecule has 0 aromatic heterocycles. The summed E-state index contributed by atoms with van der Waals surface area (Å²) in [5, 5.41) is 0. The maximum absolute atomic E-state index is 13.0. The fraction of sp³-hybridized carbons (Fsp3) is 0.143. The Hall–Kier alpha value is -1.24. The van der Waals surface area contributed by atoms with Gasteiger partial charge in [0.1, 0.15) is 5.82 Å². The normalized spacial score (nSPS) is 11.6. The summed E-state index contributed by atoms with van der Waals surface area (Å²) in [6.45, 7) is 2.13. The fourth-order valence-electron chi connectivity index (χ4n) is 1.77. The third kappa shape index (κ3) is 3.65. The minimum absolute atomic E-state index is 0.0200. The number of halogens is 2. The van der Waals surface area contributed by atoms with E-state index in [0.29, 0.717) is 0 Å². The van der Waals surface area contributed by atoms with Crippen molar-refractivity contribution in [1.82, 2.24) is 4.72 Å². The molecule has 0 aliphatic carbocycles. The first-order valence-electron chi connectivity index (χ1n) is 5.89. The molecule has 2 aromatic rings. The number of benzene rings is 2. The Labute approximate surface area is 126 Å². The molecule has 2 rings (SSSR count). The van der Waals surface area contributed by atoms with Gasteiger partial charge in [-0.1, -0.05) is 29.8 Å². The summed E-state index contributed by atoms with van der Waals surface area (Å²) in [6, 6.07) is 11.0. The van der Waals surface area contributed by atoms with Crippen LogP contribution >= 0.6 is 15.9 Å². The van der Waals surface area contributed by atoms with Crippen LogP contribution in [0, 0.1) is 12.7 Å². The second-order valence-electron chi connectivity index (χ2n) is 4.39. The van der Waals surface area contributed by atoms with Crippen molar-refractivity contribution in [3.8, 4) is 0 Å². The highest BCUT2D eigenvalue weighted by atomic mass is 79.9. The van der Waals surface area contributed by atoms with Gasteiger partial charge < -0.3 is 0 Å². The van der Waals surface area contributed by atoms with Crippen LogP contribution in [0.5, 0.6) is 0 Å². The van der Waals surface area contributed by atoms with E-state index in [1.54, 1.807) is 0 Å². The van der Waals surface area contributed by atoms with E-state index in [4.69, 9.17) is 0 Å². The molecule has 2 aromatic carbocycles. The molecule has 106 valence electrons. The first kappa shape index (κ1) is 15.2. The maximum atomic E-state index is 13.0. The molecule has 0 spiro atoms. The maximum Gasteiger partial charge on any atom is 0.241 e. The van der Waals surface area contributed by atoms with Crippen molar-refractivity contribution in [2.45, 2.75) is 18.4 Å². The van der Waals surface area contributed by atoms with E-state index in [1.165, 1.54) is 6.07 Å². The van der Waals surface area contributed by atoms with Crippen LogP contribution in [0.25, 0.3) is 0 Å². The minimum Gasteiger partial charge on any atom is -0.207 e. The van der Waals surface area contributed by atoms with Crippen molar-refractivity contribution in [3.63, 3.8) is 0 Å². The van der Waals surface area contributed by atoms with Gasteiger partial charge in [0.15, 0.2) is 0 Å². The summed E-state index contributed by atoms with van der Waals surface area (Å²) in [4.78, 5) is 0.0200. The lowest BCUT2D eigenvalue weighted by Crippen LogP contribution is -2.23.